The van der Waals surface area contributed by atoms with E-state index >= 15 is 0 Å². The highest BCUT2D eigenvalue weighted by Crippen LogP contribution is 2.29. The fourth-order valence-corrected chi connectivity index (χ4v) is 2.17. The molecule has 1 rings (SSSR count). The lowest BCUT2D eigenvalue weighted by atomic mass is 10.0. The summed E-state index contributed by atoms with van der Waals surface area (Å²) >= 11 is 6.28. The molecule has 17 heavy (non-hydrogen) atoms. The summed E-state index contributed by atoms with van der Waals surface area (Å²) in [5.41, 5.74) is 8.07. The molecule has 1 atom stereocenters. The molecule has 0 aliphatic rings. The molecular formula is C14H22ClNO. The lowest BCUT2D eigenvalue weighted by Crippen LogP contribution is -2.18. The standard InChI is InChI=1S/C14H22ClNO/c1-4-5-6-11-9-14(17-3)12(7-10(2)16)8-13(11)15/h8-10H,4-7,16H2,1-3H3. The number of rotatable bonds is 6. The van der Waals surface area contributed by atoms with Crippen LogP contribution in [0.2, 0.25) is 5.02 Å². The lowest BCUT2D eigenvalue weighted by Gasteiger charge is -2.14. The van der Waals surface area contributed by atoms with E-state index in [-0.39, 0.29) is 6.04 Å². The Morgan fingerprint density at radius 3 is 2.59 bits per heavy atom. The molecule has 96 valence electrons. The molecule has 0 fully saturated rings. The van der Waals surface area contributed by atoms with Crippen molar-refractivity contribution in [1.29, 1.82) is 0 Å². The first-order valence-electron chi connectivity index (χ1n) is 6.19. The minimum Gasteiger partial charge on any atom is -0.496 e. The number of benzene rings is 1. The van der Waals surface area contributed by atoms with Crippen molar-refractivity contribution in [3.63, 3.8) is 0 Å². The van der Waals surface area contributed by atoms with Gasteiger partial charge in [-0.05, 0) is 49.4 Å². The average molecular weight is 256 g/mol. The molecule has 3 heteroatoms. The summed E-state index contributed by atoms with van der Waals surface area (Å²) in [6.07, 6.45) is 4.11. The first kappa shape index (κ1) is 14.3. The Bertz CT molecular complexity index is 363. The molecule has 0 bridgehead atoms. The molecule has 0 aliphatic carbocycles. The maximum Gasteiger partial charge on any atom is 0.122 e. The monoisotopic (exact) mass is 255 g/mol. The Kier molecular flexibility index (Phi) is 5.79. The molecule has 0 aromatic heterocycles. The van der Waals surface area contributed by atoms with Gasteiger partial charge in [0, 0.05) is 11.1 Å². The number of aryl methyl sites for hydroxylation is 1. The highest BCUT2D eigenvalue weighted by molar-refractivity contribution is 6.31. The van der Waals surface area contributed by atoms with Crippen LogP contribution in [-0.2, 0) is 12.8 Å². The Labute approximate surface area is 109 Å². The molecule has 0 aliphatic heterocycles. The van der Waals surface area contributed by atoms with Gasteiger partial charge in [0.1, 0.15) is 5.75 Å². The molecule has 0 saturated heterocycles. The zero-order valence-electron chi connectivity index (χ0n) is 10.9. The van der Waals surface area contributed by atoms with Crippen LogP contribution in [0.4, 0.5) is 0 Å². The topological polar surface area (TPSA) is 35.2 Å². The Morgan fingerprint density at radius 1 is 1.35 bits per heavy atom. The van der Waals surface area contributed by atoms with Crippen molar-refractivity contribution in [2.45, 2.75) is 45.6 Å². The minimum atomic E-state index is 0.112. The van der Waals surface area contributed by atoms with Gasteiger partial charge in [-0.3, -0.25) is 0 Å². The molecule has 1 aromatic rings. The highest BCUT2D eigenvalue weighted by atomic mass is 35.5. The van der Waals surface area contributed by atoms with E-state index in [0.29, 0.717) is 0 Å². The number of unbranched alkanes of at least 4 members (excludes halogenated alkanes) is 1. The second-order valence-electron chi connectivity index (χ2n) is 4.54. The normalized spacial score (nSPS) is 12.5. The van der Waals surface area contributed by atoms with E-state index in [1.807, 2.05) is 13.0 Å². The third-order valence-corrected chi connectivity index (χ3v) is 3.14. The summed E-state index contributed by atoms with van der Waals surface area (Å²) in [7, 11) is 1.69. The van der Waals surface area contributed by atoms with Crippen LogP contribution in [0.25, 0.3) is 0 Å². The van der Waals surface area contributed by atoms with Crippen molar-refractivity contribution in [3.8, 4) is 5.75 Å². The predicted octanol–water partition coefficient (Wildman–Crippen LogP) is 3.58. The second-order valence-corrected chi connectivity index (χ2v) is 4.95. The van der Waals surface area contributed by atoms with Crippen LogP contribution in [0.1, 0.15) is 37.8 Å². The number of halogens is 1. The zero-order chi connectivity index (χ0) is 12.8. The van der Waals surface area contributed by atoms with Crippen LogP contribution >= 0.6 is 11.6 Å². The number of ether oxygens (including phenoxy) is 1. The van der Waals surface area contributed by atoms with Gasteiger partial charge in [-0.15, -0.1) is 0 Å². The molecule has 0 amide bonds. The van der Waals surface area contributed by atoms with Gasteiger partial charge in [-0.2, -0.15) is 0 Å². The number of hydrogen-bond acceptors (Lipinski definition) is 2. The van der Waals surface area contributed by atoms with Gasteiger partial charge in [0.05, 0.1) is 7.11 Å². The van der Waals surface area contributed by atoms with E-state index in [1.165, 1.54) is 12.0 Å². The fraction of sp³-hybridized carbons (Fsp3) is 0.571. The van der Waals surface area contributed by atoms with Crippen LogP contribution in [0.5, 0.6) is 5.75 Å². The summed E-state index contributed by atoms with van der Waals surface area (Å²) in [6.45, 7) is 4.16. The van der Waals surface area contributed by atoms with Gasteiger partial charge in [0.2, 0.25) is 0 Å². The largest absolute Gasteiger partial charge is 0.496 e. The zero-order valence-corrected chi connectivity index (χ0v) is 11.7. The third kappa shape index (κ3) is 4.21. The highest BCUT2D eigenvalue weighted by Gasteiger charge is 2.10. The quantitative estimate of drug-likeness (QED) is 0.843. The summed E-state index contributed by atoms with van der Waals surface area (Å²) in [6, 6.07) is 4.16. The minimum absolute atomic E-state index is 0.112. The number of nitrogens with two attached hydrogens (primary N) is 1. The van der Waals surface area contributed by atoms with Crippen LogP contribution in [-0.4, -0.2) is 13.2 Å². The summed E-state index contributed by atoms with van der Waals surface area (Å²) in [4.78, 5) is 0. The molecule has 0 saturated carbocycles. The molecule has 1 aromatic carbocycles. The van der Waals surface area contributed by atoms with E-state index in [9.17, 15) is 0 Å². The van der Waals surface area contributed by atoms with Crippen LogP contribution in [0, 0.1) is 0 Å². The van der Waals surface area contributed by atoms with Crippen LogP contribution in [0.15, 0.2) is 12.1 Å². The SMILES string of the molecule is CCCCc1cc(OC)c(CC(C)N)cc1Cl. The lowest BCUT2D eigenvalue weighted by molar-refractivity contribution is 0.407. The van der Waals surface area contributed by atoms with Crippen molar-refractivity contribution in [2.75, 3.05) is 7.11 Å². The Morgan fingerprint density at radius 2 is 2.06 bits per heavy atom. The molecule has 0 radical (unpaired) electrons. The van der Waals surface area contributed by atoms with Crippen molar-refractivity contribution < 1.29 is 4.74 Å². The van der Waals surface area contributed by atoms with E-state index in [4.69, 9.17) is 22.1 Å². The third-order valence-electron chi connectivity index (χ3n) is 2.79. The van der Waals surface area contributed by atoms with Gasteiger partial charge < -0.3 is 10.5 Å². The second kappa shape index (κ2) is 6.87. The van der Waals surface area contributed by atoms with Crippen molar-refractivity contribution in [3.05, 3.63) is 28.3 Å². The fourth-order valence-electron chi connectivity index (χ4n) is 1.89. The predicted molar refractivity (Wildman–Crippen MR) is 74.0 cm³/mol. The Balaban J connectivity index is 2.97. The number of hydrogen-bond donors (Lipinski definition) is 1. The summed E-state index contributed by atoms with van der Waals surface area (Å²) in [5, 5.41) is 0.829. The van der Waals surface area contributed by atoms with Crippen molar-refractivity contribution >= 4 is 11.6 Å². The average Bonchev–Trinajstić information content (AvgIpc) is 2.27. The number of methoxy groups -OCH3 is 1. The van der Waals surface area contributed by atoms with Crippen LogP contribution < -0.4 is 10.5 Å². The smallest absolute Gasteiger partial charge is 0.122 e. The van der Waals surface area contributed by atoms with E-state index < -0.39 is 0 Å². The van der Waals surface area contributed by atoms with Crippen molar-refractivity contribution in [2.24, 2.45) is 5.73 Å². The molecule has 0 spiro atoms. The molecule has 0 heterocycles. The molecule has 1 unspecified atom stereocenters. The maximum atomic E-state index is 6.28. The van der Waals surface area contributed by atoms with E-state index in [2.05, 4.69) is 13.0 Å². The summed E-state index contributed by atoms with van der Waals surface area (Å²) in [5.74, 6) is 0.901. The van der Waals surface area contributed by atoms with Crippen molar-refractivity contribution in [1.82, 2.24) is 0 Å². The van der Waals surface area contributed by atoms with Gasteiger partial charge in [-0.1, -0.05) is 24.9 Å². The molecule has 2 N–H and O–H groups in total. The Hall–Kier alpha value is -0.730. The van der Waals surface area contributed by atoms with Crippen LogP contribution in [0.3, 0.4) is 0 Å². The first-order valence-corrected chi connectivity index (χ1v) is 6.57. The van der Waals surface area contributed by atoms with E-state index in [0.717, 1.165) is 35.6 Å². The van der Waals surface area contributed by atoms with Gasteiger partial charge in [0.25, 0.3) is 0 Å². The van der Waals surface area contributed by atoms with Gasteiger partial charge >= 0.3 is 0 Å². The maximum absolute atomic E-state index is 6.28. The first-order chi connectivity index (χ1) is 8.08. The van der Waals surface area contributed by atoms with Gasteiger partial charge in [-0.25, -0.2) is 0 Å². The molecular weight excluding hydrogens is 234 g/mol. The van der Waals surface area contributed by atoms with E-state index in [1.54, 1.807) is 7.11 Å². The van der Waals surface area contributed by atoms with Gasteiger partial charge in [0.15, 0.2) is 0 Å². The molecule has 2 nitrogen and oxygen atoms in total. The summed E-state index contributed by atoms with van der Waals surface area (Å²) < 4.78 is 5.41.